The second-order valence-electron chi connectivity index (χ2n) is 12.0. The van der Waals surface area contributed by atoms with Crippen LogP contribution in [0.1, 0.15) is 69.5 Å². The normalized spacial score (nSPS) is 17.1. The third kappa shape index (κ3) is 10.8. The molecule has 1 saturated heterocycles. The predicted octanol–water partition coefficient (Wildman–Crippen LogP) is 4.04. The fraction of sp³-hybridized carbons (Fsp3) is 0.567. The fourth-order valence-corrected chi connectivity index (χ4v) is 5.63. The van der Waals surface area contributed by atoms with Gasteiger partial charge < -0.3 is 30.5 Å². The molecule has 244 valence electrons. The average molecular weight is 640 g/mol. The quantitative estimate of drug-likeness (QED) is 0.213. The number of ether oxygens (including phenoxy) is 1. The third-order valence-electron chi connectivity index (χ3n) is 7.58. The molecule has 44 heavy (non-hydrogen) atoms. The van der Waals surface area contributed by atoms with Crippen molar-refractivity contribution in [3.63, 3.8) is 0 Å². The number of aromatic nitrogens is 1. The zero-order chi connectivity index (χ0) is 33.3. The summed E-state index contributed by atoms with van der Waals surface area (Å²) in [7, 11) is 0. The Hall–Kier alpha value is -3.62. The van der Waals surface area contributed by atoms with E-state index in [1.54, 1.807) is 0 Å². The number of hydrogen-bond donors (Lipinski definition) is 5. The van der Waals surface area contributed by atoms with Gasteiger partial charge in [0.15, 0.2) is 10.7 Å². The summed E-state index contributed by atoms with van der Waals surface area (Å²) in [4.78, 5) is 50.6. The number of pyridine rings is 1. The minimum Gasteiger partial charge on any atom is -0.481 e. The molecule has 3 rings (SSSR count). The SMILES string of the molecule is Cc1ccc(C(C)(C)N2CC[C@@](CCc3ccc(F)s3)(COC(=O)NC(C)C)C2)cn1.O=C(O)CC(O)(CC(=O)O)C(=O)O. The summed E-state index contributed by atoms with van der Waals surface area (Å²) in [5.74, 6) is -5.02. The van der Waals surface area contributed by atoms with E-state index in [4.69, 9.17) is 25.2 Å². The van der Waals surface area contributed by atoms with E-state index in [-0.39, 0.29) is 28.2 Å². The van der Waals surface area contributed by atoms with Gasteiger partial charge in [-0.2, -0.15) is 4.39 Å². The van der Waals surface area contributed by atoms with Gasteiger partial charge in [0.2, 0.25) is 0 Å². The maximum atomic E-state index is 13.5. The van der Waals surface area contributed by atoms with Crippen LogP contribution in [0.2, 0.25) is 0 Å². The Kier molecular flexibility index (Phi) is 12.8. The average Bonchev–Trinajstić information content (AvgIpc) is 3.53. The Balaban J connectivity index is 0.000000439. The first-order chi connectivity index (χ1) is 20.4. The van der Waals surface area contributed by atoms with Crippen LogP contribution in [0.4, 0.5) is 9.18 Å². The largest absolute Gasteiger partial charge is 0.481 e. The first-order valence-corrected chi connectivity index (χ1v) is 14.9. The molecule has 1 atom stereocenters. The lowest BCUT2D eigenvalue weighted by Gasteiger charge is -2.38. The number of carbonyl (C=O) groups is 4. The van der Waals surface area contributed by atoms with Crippen molar-refractivity contribution in [1.82, 2.24) is 15.2 Å². The van der Waals surface area contributed by atoms with Crippen molar-refractivity contribution in [3.8, 4) is 0 Å². The summed E-state index contributed by atoms with van der Waals surface area (Å²) >= 11 is 1.20. The summed E-state index contributed by atoms with van der Waals surface area (Å²) in [5.41, 5.74) is -0.907. The number of nitrogens with one attached hydrogen (secondary N) is 1. The summed E-state index contributed by atoms with van der Waals surface area (Å²) < 4.78 is 19.1. The molecule has 1 aliphatic rings. The fourth-order valence-electron chi connectivity index (χ4n) is 4.90. The number of carbonyl (C=O) groups excluding carboxylic acids is 1. The minimum absolute atomic E-state index is 0.0330. The summed E-state index contributed by atoms with van der Waals surface area (Å²) in [5, 5.41) is 36.5. The Morgan fingerprint density at radius 1 is 1.11 bits per heavy atom. The Labute approximate surface area is 259 Å². The second-order valence-corrected chi connectivity index (χ2v) is 13.1. The van der Waals surface area contributed by atoms with Gasteiger partial charge in [-0.3, -0.25) is 19.5 Å². The lowest BCUT2D eigenvalue weighted by Crippen LogP contribution is -2.43. The van der Waals surface area contributed by atoms with Crippen LogP contribution < -0.4 is 5.32 Å². The molecule has 1 fully saturated rings. The molecule has 12 nitrogen and oxygen atoms in total. The number of aliphatic carboxylic acids is 3. The van der Waals surface area contributed by atoms with Crippen LogP contribution in [0, 0.1) is 17.5 Å². The molecule has 0 aliphatic carbocycles. The molecular weight excluding hydrogens is 597 g/mol. The number of amides is 1. The summed E-state index contributed by atoms with van der Waals surface area (Å²) in [6.45, 7) is 12.3. The van der Waals surface area contributed by atoms with Gasteiger partial charge in [-0.05, 0) is 84.2 Å². The molecule has 1 amide bonds. The van der Waals surface area contributed by atoms with Crippen molar-refractivity contribution in [2.75, 3.05) is 19.7 Å². The second kappa shape index (κ2) is 15.4. The Bertz CT molecular complexity index is 1280. The molecule has 0 saturated carbocycles. The number of rotatable bonds is 13. The van der Waals surface area contributed by atoms with Gasteiger partial charge in [0, 0.05) is 40.3 Å². The molecule has 2 aromatic rings. The van der Waals surface area contributed by atoms with E-state index in [1.807, 2.05) is 39.1 Å². The highest BCUT2D eigenvalue weighted by Gasteiger charge is 2.44. The lowest BCUT2D eigenvalue weighted by atomic mass is 9.82. The number of thiophene rings is 1. The van der Waals surface area contributed by atoms with Crippen LogP contribution >= 0.6 is 11.3 Å². The number of hydrogen-bond acceptors (Lipinski definition) is 9. The van der Waals surface area contributed by atoms with Crippen molar-refractivity contribution in [2.24, 2.45) is 5.41 Å². The lowest BCUT2D eigenvalue weighted by molar-refractivity contribution is -0.170. The zero-order valence-electron chi connectivity index (χ0n) is 25.6. The molecule has 0 radical (unpaired) electrons. The summed E-state index contributed by atoms with van der Waals surface area (Å²) in [6, 6.07) is 7.60. The number of alkyl carbamates (subject to hydrolysis) is 1. The van der Waals surface area contributed by atoms with Crippen LogP contribution in [0.3, 0.4) is 0 Å². The maximum Gasteiger partial charge on any atom is 0.407 e. The molecular formula is C30H42FN3O9S. The number of aliphatic hydroxyl groups is 1. The van der Waals surface area contributed by atoms with Gasteiger partial charge in [0.05, 0.1) is 12.8 Å². The number of carboxylic acid groups (broad SMARTS) is 3. The van der Waals surface area contributed by atoms with Gasteiger partial charge in [0.25, 0.3) is 0 Å². The third-order valence-corrected chi connectivity index (χ3v) is 8.51. The first kappa shape index (κ1) is 36.6. The number of halogens is 1. The topological polar surface area (TPSA) is 187 Å². The van der Waals surface area contributed by atoms with Crippen LogP contribution in [-0.4, -0.2) is 85.7 Å². The Morgan fingerprint density at radius 2 is 1.75 bits per heavy atom. The van der Waals surface area contributed by atoms with Gasteiger partial charge in [-0.15, -0.1) is 11.3 Å². The van der Waals surface area contributed by atoms with E-state index < -0.39 is 36.4 Å². The molecule has 0 aromatic carbocycles. The van der Waals surface area contributed by atoms with Crippen molar-refractivity contribution >= 4 is 35.3 Å². The highest BCUT2D eigenvalue weighted by molar-refractivity contribution is 7.10. The van der Waals surface area contributed by atoms with E-state index in [9.17, 15) is 23.6 Å². The molecule has 1 aliphatic heterocycles. The van der Waals surface area contributed by atoms with Crippen LogP contribution in [0.15, 0.2) is 30.5 Å². The molecule has 3 heterocycles. The zero-order valence-corrected chi connectivity index (χ0v) is 26.4. The summed E-state index contributed by atoms with van der Waals surface area (Å²) in [6.07, 6.45) is 1.85. The van der Waals surface area contributed by atoms with Crippen molar-refractivity contribution in [2.45, 2.75) is 83.9 Å². The molecule has 0 spiro atoms. The molecule has 5 N–H and O–H groups in total. The van der Waals surface area contributed by atoms with Crippen molar-refractivity contribution in [3.05, 3.63) is 51.7 Å². The Morgan fingerprint density at radius 3 is 2.23 bits per heavy atom. The molecule has 2 aromatic heterocycles. The number of carboxylic acids is 3. The van der Waals surface area contributed by atoms with Gasteiger partial charge in [-0.25, -0.2) is 9.59 Å². The number of nitrogens with zero attached hydrogens (tertiary/aromatic N) is 2. The molecule has 0 unspecified atom stereocenters. The van der Waals surface area contributed by atoms with E-state index >= 15 is 0 Å². The van der Waals surface area contributed by atoms with Crippen molar-refractivity contribution < 1.29 is 48.7 Å². The van der Waals surface area contributed by atoms with Crippen LogP contribution in [0.5, 0.6) is 0 Å². The monoisotopic (exact) mass is 639 g/mol. The van der Waals surface area contributed by atoms with E-state index in [0.717, 1.165) is 42.9 Å². The maximum absolute atomic E-state index is 13.5. The van der Waals surface area contributed by atoms with Gasteiger partial charge >= 0.3 is 24.0 Å². The highest BCUT2D eigenvalue weighted by Crippen LogP contribution is 2.42. The van der Waals surface area contributed by atoms with Crippen molar-refractivity contribution in [1.29, 1.82) is 0 Å². The molecule has 0 bridgehead atoms. The standard InChI is InChI=1S/C24H34FN3O2S.C6H8O7/c1-17(2)27-22(29)30-16-24(11-10-20-8-9-21(25)31-20)12-13-28(15-24)23(4,5)19-7-6-18(3)26-14-19;7-3(8)1-6(13,5(11)12)2-4(9)10/h6-9,14,17H,10-13,15-16H2,1-5H3,(H,27,29);13H,1-2H2,(H,7,8)(H,9,10)(H,11,12)/t24-;/m1./s1. The predicted molar refractivity (Wildman–Crippen MR) is 160 cm³/mol. The first-order valence-electron chi connectivity index (χ1n) is 14.1. The highest BCUT2D eigenvalue weighted by atomic mass is 32.1. The molecule has 14 heteroatoms. The van der Waals surface area contributed by atoms with Crippen LogP contribution in [-0.2, 0) is 31.1 Å². The van der Waals surface area contributed by atoms with Gasteiger partial charge in [-0.1, -0.05) is 6.07 Å². The van der Waals surface area contributed by atoms with Crippen LogP contribution in [0.25, 0.3) is 0 Å². The van der Waals surface area contributed by atoms with E-state index in [2.05, 4.69) is 35.1 Å². The number of aryl methyl sites for hydroxylation is 2. The van der Waals surface area contributed by atoms with Gasteiger partial charge in [0.1, 0.15) is 6.61 Å². The van der Waals surface area contributed by atoms with E-state index in [1.165, 1.54) is 23.0 Å². The van der Waals surface area contributed by atoms with E-state index in [0.29, 0.717) is 6.61 Å². The minimum atomic E-state index is -2.74. The smallest absolute Gasteiger partial charge is 0.407 e. The number of likely N-dealkylation sites (tertiary alicyclic amines) is 1.